The number of esters is 1. The maximum atomic E-state index is 11.6. The summed E-state index contributed by atoms with van der Waals surface area (Å²) in [7, 11) is 1.63. The lowest BCUT2D eigenvalue weighted by Gasteiger charge is -2.04. The molecule has 2 N–H and O–H groups in total. The van der Waals surface area contributed by atoms with Crippen molar-refractivity contribution in [2.45, 2.75) is 19.8 Å². The molecular weight excluding hydrogens is 208 g/mol. The van der Waals surface area contributed by atoms with Gasteiger partial charge in [0.25, 0.3) is 0 Å². The summed E-state index contributed by atoms with van der Waals surface area (Å²) < 4.78 is 6.37. The molecule has 16 heavy (non-hydrogen) atoms. The van der Waals surface area contributed by atoms with E-state index in [1.54, 1.807) is 14.0 Å². The second kappa shape index (κ2) is 5.16. The van der Waals surface area contributed by atoms with Crippen molar-refractivity contribution in [3.63, 3.8) is 0 Å². The SMILES string of the molecule is Cc1nn(C)c(C(=O)OCCCC#N)c1N. The summed E-state index contributed by atoms with van der Waals surface area (Å²) in [6.45, 7) is 1.94. The number of nitriles is 1. The largest absolute Gasteiger partial charge is 0.461 e. The molecule has 1 rings (SSSR count). The number of carbonyl (C=O) groups is 1. The Hall–Kier alpha value is -2.03. The molecule has 0 bridgehead atoms. The van der Waals surface area contributed by atoms with Crippen molar-refractivity contribution in [2.75, 3.05) is 12.3 Å². The van der Waals surface area contributed by atoms with Gasteiger partial charge in [0.15, 0.2) is 5.69 Å². The normalized spacial score (nSPS) is 9.81. The molecule has 6 nitrogen and oxygen atoms in total. The summed E-state index contributed by atoms with van der Waals surface area (Å²) in [6, 6.07) is 1.97. The Bertz CT molecular complexity index is 431. The molecule has 1 heterocycles. The molecule has 0 atom stereocenters. The van der Waals surface area contributed by atoms with E-state index >= 15 is 0 Å². The van der Waals surface area contributed by atoms with Gasteiger partial charge in [0.05, 0.1) is 24.1 Å². The summed E-state index contributed by atoms with van der Waals surface area (Å²) in [5.41, 5.74) is 6.90. The molecule has 0 aliphatic heterocycles. The number of nitrogens with two attached hydrogens (primary N) is 1. The predicted octanol–water partition coefficient (Wildman–Crippen LogP) is 0.771. The Morgan fingerprint density at radius 1 is 1.69 bits per heavy atom. The molecular formula is C10H14N4O2. The molecule has 0 fully saturated rings. The van der Waals surface area contributed by atoms with Crippen LogP contribution in [0.4, 0.5) is 5.69 Å². The van der Waals surface area contributed by atoms with Crippen molar-refractivity contribution in [3.05, 3.63) is 11.4 Å². The number of ether oxygens (including phenoxy) is 1. The number of aromatic nitrogens is 2. The lowest BCUT2D eigenvalue weighted by atomic mass is 10.3. The van der Waals surface area contributed by atoms with Gasteiger partial charge in [-0.3, -0.25) is 4.68 Å². The summed E-state index contributed by atoms with van der Waals surface area (Å²) >= 11 is 0. The molecule has 0 amide bonds. The number of hydrogen-bond donors (Lipinski definition) is 1. The molecule has 6 heteroatoms. The minimum absolute atomic E-state index is 0.218. The average molecular weight is 222 g/mol. The van der Waals surface area contributed by atoms with Gasteiger partial charge in [0.1, 0.15) is 0 Å². The van der Waals surface area contributed by atoms with Gasteiger partial charge in [-0.2, -0.15) is 10.4 Å². The van der Waals surface area contributed by atoms with Crippen molar-refractivity contribution in [1.82, 2.24) is 9.78 Å². The van der Waals surface area contributed by atoms with Gasteiger partial charge >= 0.3 is 5.97 Å². The fourth-order valence-corrected chi connectivity index (χ4v) is 1.30. The Kier molecular flexibility index (Phi) is 3.89. The van der Waals surface area contributed by atoms with Crippen LogP contribution >= 0.6 is 0 Å². The number of anilines is 1. The van der Waals surface area contributed by atoms with Crippen molar-refractivity contribution in [2.24, 2.45) is 7.05 Å². The monoisotopic (exact) mass is 222 g/mol. The highest BCUT2D eigenvalue weighted by Crippen LogP contribution is 2.16. The van der Waals surface area contributed by atoms with E-state index in [1.165, 1.54) is 4.68 Å². The Morgan fingerprint density at radius 2 is 2.38 bits per heavy atom. The van der Waals surface area contributed by atoms with Crippen LogP contribution in [0.15, 0.2) is 0 Å². The first-order valence-corrected chi connectivity index (χ1v) is 4.91. The molecule has 0 saturated heterocycles. The highest BCUT2D eigenvalue weighted by atomic mass is 16.5. The number of unbranched alkanes of at least 4 members (excludes halogenated alkanes) is 1. The van der Waals surface area contributed by atoms with Gasteiger partial charge in [0.2, 0.25) is 0 Å². The van der Waals surface area contributed by atoms with E-state index < -0.39 is 5.97 Å². The molecule has 0 aliphatic rings. The van der Waals surface area contributed by atoms with Gasteiger partial charge in [0, 0.05) is 13.5 Å². The highest BCUT2D eigenvalue weighted by Gasteiger charge is 2.18. The number of nitrogen functional groups attached to an aromatic ring is 1. The molecule has 0 unspecified atom stereocenters. The summed E-state index contributed by atoms with van der Waals surface area (Å²) in [5, 5.41) is 12.3. The maximum Gasteiger partial charge on any atom is 0.358 e. The smallest absolute Gasteiger partial charge is 0.358 e. The van der Waals surface area contributed by atoms with E-state index in [1.807, 2.05) is 6.07 Å². The molecule has 1 aromatic heterocycles. The van der Waals surface area contributed by atoms with E-state index in [9.17, 15) is 4.79 Å². The van der Waals surface area contributed by atoms with E-state index in [-0.39, 0.29) is 12.3 Å². The van der Waals surface area contributed by atoms with Gasteiger partial charge < -0.3 is 10.5 Å². The van der Waals surface area contributed by atoms with Crippen molar-refractivity contribution < 1.29 is 9.53 Å². The van der Waals surface area contributed by atoms with E-state index in [4.69, 9.17) is 15.7 Å². The third kappa shape index (κ3) is 2.51. The predicted molar refractivity (Wildman–Crippen MR) is 57.5 cm³/mol. The summed E-state index contributed by atoms with van der Waals surface area (Å²) in [5.74, 6) is -0.501. The van der Waals surface area contributed by atoms with Crippen molar-refractivity contribution >= 4 is 11.7 Å². The van der Waals surface area contributed by atoms with Crippen LogP contribution in [0, 0.1) is 18.3 Å². The third-order valence-corrected chi connectivity index (χ3v) is 2.13. The first-order chi connectivity index (χ1) is 7.57. The zero-order valence-electron chi connectivity index (χ0n) is 9.36. The van der Waals surface area contributed by atoms with Gasteiger partial charge in [-0.05, 0) is 13.3 Å². The van der Waals surface area contributed by atoms with Crippen molar-refractivity contribution in [1.29, 1.82) is 5.26 Å². The molecule has 0 saturated carbocycles. The van der Waals surface area contributed by atoms with Crippen molar-refractivity contribution in [3.8, 4) is 6.07 Å². The Balaban J connectivity index is 2.63. The topological polar surface area (TPSA) is 93.9 Å². The lowest BCUT2D eigenvalue weighted by Crippen LogP contribution is -2.13. The number of rotatable bonds is 4. The molecule has 86 valence electrons. The standard InChI is InChI=1S/C10H14N4O2/c1-7-8(12)9(14(2)13-7)10(15)16-6-4-3-5-11/h3-4,6,12H2,1-2H3. The van der Waals surface area contributed by atoms with Crippen LogP contribution in [0.3, 0.4) is 0 Å². The number of hydrogen-bond acceptors (Lipinski definition) is 5. The number of aryl methyl sites for hydroxylation is 2. The van der Waals surface area contributed by atoms with Crippen LogP contribution in [0.2, 0.25) is 0 Å². The first-order valence-electron chi connectivity index (χ1n) is 4.91. The van der Waals surface area contributed by atoms with Crippen LogP contribution in [0.5, 0.6) is 0 Å². The first kappa shape index (κ1) is 12.0. The fraction of sp³-hybridized carbons (Fsp3) is 0.500. The number of nitrogens with zero attached hydrogens (tertiary/aromatic N) is 3. The van der Waals surface area contributed by atoms with Crippen LogP contribution in [0.25, 0.3) is 0 Å². The van der Waals surface area contributed by atoms with E-state index in [2.05, 4.69) is 5.10 Å². The maximum absolute atomic E-state index is 11.6. The van der Waals surface area contributed by atoms with Crippen LogP contribution in [-0.2, 0) is 11.8 Å². The van der Waals surface area contributed by atoms with Gasteiger partial charge in [-0.25, -0.2) is 4.79 Å². The minimum Gasteiger partial charge on any atom is -0.461 e. The van der Waals surface area contributed by atoms with Crippen LogP contribution in [-0.4, -0.2) is 22.4 Å². The second-order valence-corrected chi connectivity index (χ2v) is 3.37. The lowest BCUT2D eigenvalue weighted by molar-refractivity contribution is 0.0490. The quantitative estimate of drug-likeness (QED) is 0.599. The highest BCUT2D eigenvalue weighted by molar-refractivity contribution is 5.93. The molecule has 1 aromatic rings. The van der Waals surface area contributed by atoms with E-state index in [0.29, 0.717) is 24.2 Å². The van der Waals surface area contributed by atoms with Crippen LogP contribution < -0.4 is 5.73 Å². The molecule has 0 aromatic carbocycles. The number of carbonyl (C=O) groups excluding carboxylic acids is 1. The van der Waals surface area contributed by atoms with E-state index in [0.717, 1.165) is 0 Å². The fourth-order valence-electron chi connectivity index (χ4n) is 1.30. The zero-order valence-corrected chi connectivity index (χ0v) is 9.36. The molecule has 0 spiro atoms. The summed E-state index contributed by atoms with van der Waals surface area (Å²) in [6.07, 6.45) is 0.895. The molecule has 0 radical (unpaired) electrons. The Labute approximate surface area is 93.6 Å². The zero-order chi connectivity index (χ0) is 12.1. The third-order valence-electron chi connectivity index (χ3n) is 2.13. The molecule has 0 aliphatic carbocycles. The minimum atomic E-state index is -0.501. The Morgan fingerprint density at radius 3 is 2.88 bits per heavy atom. The second-order valence-electron chi connectivity index (χ2n) is 3.37. The van der Waals surface area contributed by atoms with Crippen LogP contribution in [0.1, 0.15) is 29.0 Å². The average Bonchev–Trinajstić information content (AvgIpc) is 2.48. The summed E-state index contributed by atoms with van der Waals surface area (Å²) in [4.78, 5) is 11.6. The van der Waals surface area contributed by atoms with Gasteiger partial charge in [-0.15, -0.1) is 0 Å². The van der Waals surface area contributed by atoms with Gasteiger partial charge in [-0.1, -0.05) is 0 Å².